The van der Waals surface area contributed by atoms with Crippen LogP contribution < -0.4 is 30.7 Å². The molecule has 0 unspecified atom stereocenters. The van der Waals surface area contributed by atoms with Crippen LogP contribution in [-0.2, 0) is 0 Å². The highest BCUT2D eigenvalue weighted by atomic mass is 16.5. The first kappa shape index (κ1) is 31.0. The lowest BCUT2D eigenvalue weighted by Gasteiger charge is -2.40. The Morgan fingerprint density at radius 3 is 2.36 bits per heavy atom. The van der Waals surface area contributed by atoms with Crippen LogP contribution in [0, 0.1) is 0 Å². The summed E-state index contributed by atoms with van der Waals surface area (Å²) in [4.78, 5) is 30.8. The van der Waals surface area contributed by atoms with Crippen LogP contribution in [0.15, 0.2) is 66.7 Å². The van der Waals surface area contributed by atoms with Crippen molar-refractivity contribution in [2.75, 3.05) is 58.5 Å². The first-order valence-electron chi connectivity index (χ1n) is 14.6. The minimum Gasteiger partial charge on any atom is -0.493 e. The highest BCUT2D eigenvalue weighted by Crippen LogP contribution is 2.33. The van der Waals surface area contributed by atoms with Gasteiger partial charge in [0.2, 0.25) is 0 Å². The van der Waals surface area contributed by atoms with Gasteiger partial charge in [-0.15, -0.1) is 0 Å². The Morgan fingerprint density at radius 1 is 0.952 bits per heavy atom. The zero-order valence-corrected chi connectivity index (χ0v) is 24.8. The number of nitrogens with zero attached hydrogens (tertiary/aromatic N) is 2. The molecule has 1 saturated heterocycles. The molecule has 9 heteroatoms. The van der Waals surface area contributed by atoms with E-state index in [2.05, 4.69) is 51.6 Å². The summed E-state index contributed by atoms with van der Waals surface area (Å²) in [6, 6.07) is 21.6. The molecule has 1 fully saturated rings. The van der Waals surface area contributed by atoms with Gasteiger partial charge in [0, 0.05) is 44.5 Å². The molecule has 4 rings (SSSR count). The topological polar surface area (TPSA) is 109 Å². The van der Waals surface area contributed by atoms with Crippen LogP contribution in [0.3, 0.4) is 0 Å². The second-order valence-corrected chi connectivity index (χ2v) is 10.5. The van der Waals surface area contributed by atoms with Crippen LogP contribution in [0.2, 0.25) is 0 Å². The summed E-state index contributed by atoms with van der Waals surface area (Å²) in [5.74, 6) is 0.927. The summed E-state index contributed by atoms with van der Waals surface area (Å²) in [5, 5.41) is 6.36. The number of carbonyl (C=O) groups excluding carboxylic acids is 2. The van der Waals surface area contributed by atoms with Crippen molar-refractivity contribution in [3.63, 3.8) is 0 Å². The Labute approximate surface area is 249 Å². The zero-order chi connectivity index (χ0) is 29.9. The van der Waals surface area contributed by atoms with Gasteiger partial charge in [0.1, 0.15) is 0 Å². The molecule has 1 heterocycles. The van der Waals surface area contributed by atoms with Crippen molar-refractivity contribution in [3.05, 3.63) is 89.0 Å². The van der Waals surface area contributed by atoms with E-state index in [1.807, 2.05) is 36.4 Å². The van der Waals surface area contributed by atoms with E-state index in [1.54, 1.807) is 20.3 Å². The lowest BCUT2D eigenvalue weighted by molar-refractivity contribution is 0.0929. The maximum atomic E-state index is 14.0. The van der Waals surface area contributed by atoms with Crippen LogP contribution in [0.4, 0.5) is 5.69 Å². The van der Waals surface area contributed by atoms with Crippen molar-refractivity contribution in [2.24, 2.45) is 5.73 Å². The van der Waals surface area contributed by atoms with Gasteiger partial charge in [-0.05, 0) is 55.6 Å². The van der Waals surface area contributed by atoms with Crippen molar-refractivity contribution in [2.45, 2.75) is 31.8 Å². The highest BCUT2D eigenvalue weighted by Gasteiger charge is 2.27. The Hall–Kier alpha value is -3.92. The van der Waals surface area contributed by atoms with Gasteiger partial charge in [-0.25, -0.2) is 0 Å². The van der Waals surface area contributed by atoms with Gasteiger partial charge in [-0.3, -0.25) is 14.5 Å². The number of nitrogens with two attached hydrogens (primary N) is 1. The van der Waals surface area contributed by atoms with Gasteiger partial charge in [-0.1, -0.05) is 48.5 Å². The Bertz CT molecular complexity index is 1310. The lowest BCUT2D eigenvalue weighted by Crippen LogP contribution is -2.47. The van der Waals surface area contributed by atoms with Gasteiger partial charge in [0.15, 0.2) is 17.8 Å². The summed E-state index contributed by atoms with van der Waals surface area (Å²) in [6.07, 6.45) is 2.23. The number of carbonyl (C=O) groups is 2. The molecule has 1 aliphatic rings. The number of hydrogen-bond acceptors (Lipinski definition) is 8. The first-order valence-corrected chi connectivity index (χ1v) is 14.6. The van der Waals surface area contributed by atoms with Gasteiger partial charge in [-0.2, -0.15) is 0 Å². The van der Waals surface area contributed by atoms with Gasteiger partial charge in [0.25, 0.3) is 5.91 Å². The van der Waals surface area contributed by atoms with Crippen LogP contribution in [0.25, 0.3) is 0 Å². The number of piperazine rings is 1. The van der Waals surface area contributed by atoms with E-state index in [1.165, 1.54) is 5.56 Å². The number of benzene rings is 3. The predicted molar refractivity (Wildman–Crippen MR) is 167 cm³/mol. The molecule has 3 aromatic carbocycles. The zero-order valence-electron chi connectivity index (χ0n) is 24.8. The van der Waals surface area contributed by atoms with Gasteiger partial charge < -0.3 is 30.7 Å². The quantitative estimate of drug-likeness (QED) is 0.150. The van der Waals surface area contributed by atoms with Crippen molar-refractivity contribution in [3.8, 4) is 11.5 Å². The molecule has 3 aromatic rings. The number of ether oxygens (including phenoxy) is 2. The third kappa shape index (κ3) is 7.47. The summed E-state index contributed by atoms with van der Waals surface area (Å²) >= 11 is 0. The fourth-order valence-electron chi connectivity index (χ4n) is 5.61. The monoisotopic (exact) mass is 573 g/mol. The lowest BCUT2D eigenvalue weighted by atomic mass is 9.98. The fraction of sp³-hybridized carbons (Fsp3) is 0.394. The molecule has 0 bridgehead atoms. The molecule has 9 nitrogen and oxygen atoms in total. The van der Waals surface area contributed by atoms with Crippen LogP contribution in [0.1, 0.15) is 63.7 Å². The van der Waals surface area contributed by atoms with Crippen molar-refractivity contribution < 1.29 is 19.1 Å². The second-order valence-electron chi connectivity index (χ2n) is 10.5. The Balaban J connectivity index is 1.56. The number of rotatable bonds is 14. The number of anilines is 1. The molecule has 2 atom stereocenters. The van der Waals surface area contributed by atoms with Crippen molar-refractivity contribution in [1.29, 1.82) is 0 Å². The Morgan fingerprint density at radius 2 is 1.69 bits per heavy atom. The molecule has 0 aromatic heterocycles. The molecule has 1 aliphatic heterocycles. The summed E-state index contributed by atoms with van der Waals surface area (Å²) in [6.45, 7) is 6.55. The van der Waals surface area contributed by atoms with E-state index in [9.17, 15) is 9.59 Å². The van der Waals surface area contributed by atoms with Gasteiger partial charge >= 0.3 is 0 Å². The third-order valence-corrected chi connectivity index (χ3v) is 8.02. The van der Waals surface area contributed by atoms with E-state index in [4.69, 9.17) is 15.2 Å². The maximum Gasteiger partial charge on any atom is 0.254 e. The summed E-state index contributed by atoms with van der Waals surface area (Å²) in [7, 11) is 3.18. The SMILES string of the molecule is COc1ccc([C@@H](CCCNCN)NC(=O)c2c(C=O)cccc2N2CCN([C@H](C)c3ccccc3)CC2)cc1OC. The Kier molecular flexibility index (Phi) is 11.3. The molecule has 0 saturated carbocycles. The molecule has 0 spiro atoms. The molecule has 42 heavy (non-hydrogen) atoms. The molecule has 224 valence electrons. The van der Waals surface area contributed by atoms with E-state index in [-0.39, 0.29) is 11.9 Å². The normalized spacial score (nSPS) is 15.1. The van der Waals surface area contributed by atoms with E-state index >= 15 is 0 Å². The second kappa shape index (κ2) is 15.3. The molecule has 4 N–H and O–H groups in total. The van der Waals surface area contributed by atoms with Crippen molar-refractivity contribution >= 4 is 17.9 Å². The number of hydrogen-bond donors (Lipinski definition) is 3. The fourth-order valence-corrected chi connectivity index (χ4v) is 5.61. The average Bonchev–Trinajstić information content (AvgIpc) is 3.05. The third-order valence-electron chi connectivity index (χ3n) is 8.02. The number of aldehydes is 1. The smallest absolute Gasteiger partial charge is 0.254 e. The summed E-state index contributed by atoms with van der Waals surface area (Å²) < 4.78 is 10.9. The van der Waals surface area contributed by atoms with E-state index < -0.39 is 0 Å². The van der Waals surface area contributed by atoms with Gasteiger partial charge in [0.05, 0.1) is 31.5 Å². The van der Waals surface area contributed by atoms with Crippen LogP contribution in [0.5, 0.6) is 11.5 Å². The minimum atomic E-state index is -0.312. The van der Waals surface area contributed by atoms with E-state index in [0.29, 0.717) is 41.8 Å². The maximum absolute atomic E-state index is 14.0. The standard InChI is InChI=1S/C33H43N5O4/c1-24(25-9-5-4-6-10-25)37-17-19-38(20-18-37)29-13-7-11-27(22-39)32(29)33(40)36-28(12-8-16-35-23-34)26-14-15-30(41-2)31(21-26)42-3/h4-7,9-11,13-15,21-22,24,28,35H,8,12,16-20,23,34H2,1-3H3,(H,36,40)/t24-,28-/m1/s1. The summed E-state index contributed by atoms with van der Waals surface area (Å²) in [5.41, 5.74) is 9.34. The minimum absolute atomic E-state index is 0.278. The predicted octanol–water partition coefficient (Wildman–Crippen LogP) is 4.16. The molecule has 0 aliphatic carbocycles. The molecular formula is C33H43N5O4. The van der Waals surface area contributed by atoms with Crippen LogP contribution in [-0.4, -0.2) is 70.7 Å². The number of nitrogens with one attached hydrogen (secondary N) is 2. The largest absolute Gasteiger partial charge is 0.493 e. The highest BCUT2D eigenvalue weighted by molar-refractivity contribution is 6.06. The van der Waals surface area contributed by atoms with Crippen LogP contribution >= 0.6 is 0 Å². The first-order chi connectivity index (χ1) is 20.5. The number of amides is 1. The molecular weight excluding hydrogens is 530 g/mol. The molecule has 0 radical (unpaired) electrons. The van der Waals surface area contributed by atoms with E-state index in [0.717, 1.165) is 56.7 Å². The number of methoxy groups -OCH3 is 2. The average molecular weight is 574 g/mol. The molecule has 1 amide bonds. The van der Waals surface area contributed by atoms with Crippen molar-refractivity contribution in [1.82, 2.24) is 15.5 Å².